The summed E-state index contributed by atoms with van der Waals surface area (Å²) < 4.78 is 15.7. The van der Waals surface area contributed by atoms with Crippen molar-refractivity contribution in [1.29, 1.82) is 0 Å². The molecule has 0 radical (unpaired) electrons. The minimum atomic E-state index is -1.41. The van der Waals surface area contributed by atoms with E-state index in [1.807, 2.05) is 18.2 Å². The Morgan fingerprint density at radius 3 is 2.57 bits per heavy atom. The van der Waals surface area contributed by atoms with Crippen molar-refractivity contribution >= 4 is 8.03 Å². The molecule has 1 atom stereocenters. The maximum atomic E-state index is 10.9. The second-order valence-corrected chi connectivity index (χ2v) is 4.66. The topological polar surface area (TPSA) is 26.3 Å². The molecule has 0 N–H and O–H groups in total. The van der Waals surface area contributed by atoms with Gasteiger partial charge in [-0.25, -0.2) is 0 Å². The Balaban J connectivity index is 2.13. The summed E-state index contributed by atoms with van der Waals surface area (Å²) in [4.78, 5) is 0. The molecule has 1 unspecified atom stereocenters. The molecule has 1 rings (SSSR count). The van der Waals surface area contributed by atoms with Crippen LogP contribution in [0, 0.1) is 0 Å². The SMILES string of the molecule is CO[P+](=O)CCCCc1ccccc1. The van der Waals surface area contributed by atoms with Gasteiger partial charge in [-0.05, 0) is 29.4 Å². The fraction of sp³-hybridized carbons (Fsp3) is 0.455. The van der Waals surface area contributed by atoms with Gasteiger partial charge >= 0.3 is 8.03 Å². The van der Waals surface area contributed by atoms with Crippen molar-refractivity contribution in [1.82, 2.24) is 0 Å². The number of hydrogen-bond acceptors (Lipinski definition) is 2. The lowest BCUT2D eigenvalue weighted by molar-refractivity contribution is 0.413. The third kappa shape index (κ3) is 4.50. The molecule has 0 spiro atoms. The quantitative estimate of drug-likeness (QED) is 0.532. The smallest absolute Gasteiger partial charge is 0.150 e. The molecule has 0 aliphatic heterocycles. The highest BCUT2D eigenvalue weighted by molar-refractivity contribution is 7.39. The van der Waals surface area contributed by atoms with Crippen LogP contribution in [-0.4, -0.2) is 13.3 Å². The fourth-order valence-electron chi connectivity index (χ4n) is 1.31. The van der Waals surface area contributed by atoms with Gasteiger partial charge in [0.15, 0.2) is 6.16 Å². The van der Waals surface area contributed by atoms with E-state index >= 15 is 0 Å². The van der Waals surface area contributed by atoms with E-state index < -0.39 is 8.03 Å². The van der Waals surface area contributed by atoms with Crippen LogP contribution in [0.25, 0.3) is 0 Å². The fourth-order valence-corrected chi connectivity index (χ4v) is 1.97. The van der Waals surface area contributed by atoms with Crippen molar-refractivity contribution < 1.29 is 9.09 Å². The molecular formula is C11H16O2P+. The molecule has 0 aromatic heterocycles. The Morgan fingerprint density at radius 2 is 1.93 bits per heavy atom. The number of hydrogen-bond donors (Lipinski definition) is 0. The average molecular weight is 211 g/mol. The largest absolute Gasteiger partial charge is 0.507 e. The van der Waals surface area contributed by atoms with Crippen LogP contribution in [-0.2, 0) is 15.5 Å². The van der Waals surface area contributed by atoms with Gasteiger partial charge in [-0.3, -0.25) is 0 Å². The van der Waals surface area contributed by atoms with Gasteiger partial charge in [0.05, 0.1) is 7.11 Å². The zero-order valence-electron chi connectivity index (χ0n) is 8.48. The second kappa shape index (κ2) is 6.69. The molecule has 0 aliphatic carbocycles. The van der Waals surface area contributed by atoms with Crippen LogP contribution < -0.4 is 0 Å². The Bertz CT molecular complexity index is 272. The summed E-state index contributed by atoms with van der Waals surface area (Å²) in [5.74, 6) is 0. The maximum absolute atomic E-state index is 10.9. The van der Waals surface area contributed by atoms with Crippen molar-refractivity contribution in [2.45, 2.75) is 19.3 Å². The highest BCUT2D eigenvalue weighted by Gasteiger charge is 2.12. The van der Waals surface area contributed by atoms with Crippen LogP contribution in [0.15, 0.2) is 30.3 Å². The van der Waals surface area contributed by atoms with E-state index in [1.54, 1.807) is 0 Å². The zero-order valence-corrected chi connectivity index (χ0v) is 9.37. The van der Waals surface area contributed by atoms with Gasteiger partial charge in [0.2, 0.25) is 0 Å². The van der Waals surface area contributed by atoms with Gasteiger partial charge in [0, 0.05) is 0 Å². The molecule has 1 aromatic rings. The van der Waals surface area contributed by atoms with Crippen LogP contribution in [0.5, 0.6) is 0 Å². The van der Waals surface area contributed by atoms with Gasteiger partial charge in [0.1, 0.15) is 0 Å². The predicted molar refractivity (Wildman–Crippen MR) is 58.9 cm³/mol. The highest BCUT2D eigenvalue weighted by Crippen LogP contribution is 2.22. The van der Waals surface area contributed by atoms with Gasteiger partial charge < -0.3 is 0 Å². The molecular weight excluding hydrogens is 195 g/mol. The predicted octanol–water partition coefficient (Wildman–Crippen LogP) is 3.40. The third-order valence-corrected chi connectivity index (χ3v) is 3.19. The normalized spacial score (nSPS) is 11.4. The Kier molecular flexibility index (Phi) is 5.43. The molecule has 2 nitrogen and oxygen atoms in total. The highest BCUT2D eigenvalue weighted by atomic mass is 31.1. The zero-order chi connectivity index (χ0) is 10.2. The monoisotopic (exact) mass is 211 g/mol. The van der Waals surface area contributed by atoms with Crippen LogP contribution >= 0.6 is 8.03 Å². The lowest BCUT2D eigenvalue weighted by atomic mass is 10.1. The summed E-state index contributed by atoms with van der Waals surface area (Å²) in [6, 6.07) is 10.4. The van der Waals surface area contributed by atoms with Gasteiger partial charge in [-0.2, -0.15) is 0 Å². The van der Waals surface area contributed by atoms with E-state index in [1.165, 1.54) is 12.7 Å². The summed E-state index contributed by atoms with van der Waals surface area (Å²) in [5, 5.41) is 0. The molecule has 1 aromatic carbocycles. The maximum Gasteiger partial charge on any atom is 0.507 e. The van der Waals surface area contributed by atoms with Crippen molar-refractivity contribution in [2.75, 3.05) is 13.3 Å². The van der Waals surface area contributed by atoms with Crippen molar-refractivity contribution in [3.05, 3.63) is 35.9 Å². The van der Waals surface area contributed by atoms with E-state index in [9.17, 15) is 4.57 Å². The summed E-state index contributed by atoms with van der Waals surface area (Å²) >= 11 is 0. The van der Waals surface area contributed by atoms with Crippen molar-refractivity contribution in [3.63, 3.8) is 0 Å². The first kappa shape index (κ1) is 11.4. The first-order chi connectivity index (χ1) is 6.83. The molecule has 14 heavy (non-hydrogen) atoms. The van der Waals surface area contributed by atoms with Crippen LogP contribution in [0.3, 0.4) is 0 Å². The van der Waals surface area contributed by atoms with E-state index in [0.717, 1.165) is 19.3 Å². The Labute approximate surface area is 86.2 Å². The average Bonchev–Trinajstić information content (AvgIpc) is 2.25. The number of unbranched alkanes of at least 4 members (excludes halogenated alkanes) is 1. The Hall–Kier alpha value is -0.720. The summed E-state index contributed by atoms with van der Waals surface area (Å²) in [6.45, 7) is 0. The second-order valence-electron chi connectivity index (χ2n) is 3.18. The van der Waals surface area contributed by atoms with Gasteiger partial charge in [-0.15, -0.1) is 4.52 Å². The molecule has 0 bridgehead atoms. The van der Waals surface area contributed by atoms with E-state index in [0.29, 0.717) is 6.16 Å². The first-order valence-electron chi connectivity index (χ1n) is 4.85. The van der Waals surface area contributed by atoms with Crippen LogP contribution in [0.4, 0.5) is 0 Å². The molecule has 0 aliphatic rings. The van der Waals surface area contributed by atoms with E-state index in [2.05, 4.69) is 12.1 Å². The first-order valence-corrected chi connectivity index (χ1v) is 6.22. The van der Waals surface area contributed by atoms with Gasteiger partial charge in [0.25, 0.3) is 0 Å². The van der Waals surface area contributed by atoms with Crippen molar-refractivity contribution in [3.8, 4) is 0 Å². The summed E-state index contributed by atoms with van der Waals surface area (Å²) in [5.41, 5.74) is 1.35. The molecule has 76 valence electrons. The van der Waals surface area contributed by atoms with Crippen LogP contribution in [0.2, 0.25) is 0 Å². The Morgan fingerprint density at radius 1 is 1.21 bits per heavy atom. The molecule has 0 saturated carbocycles. The molecule has 0 amide bonds. The summed E-state index contributed by atoms with van der Waals surface area (Å²) in [6.07, 6.45) is 3.79. The third-order valence-electron chi connectivity index (χ3n) is 2.10. The number of rotatable bonds is 6. The minimum absolute atomic E-state index is 0.679. The summed E-state index contributed by atoms with van der Waals surface area (Å²) in [7, 11) is 0.0871. The lowest BCUT2D eigenvalue weighted by Gasteiger charge is -1.97. The standard InChI is InChI=1S/C11H16O2P/c1-13-14(12)10-6-5-9-11-7-3-2-4-8-11/h2-4,7-8H,5-6,9-10H2,1H3/q+1. The lowest BCUT2D eigenvalue weighted by Crippen LogP contribution is -1.87. The van der Waals surface area contributed by atoms with Gasteiger partial charge in [-0.1, -0.05) is 30.3 Å². The molecule has 0 saturated heterocycles. The van der Waals surface area contributed by atoms with Crippen LogP contribution in [0.1, 0.15) is 18.4 Å². The van der Waals surface area contributed by atoms with E-state index in [-0.39, 0.29) is 0 Å². The molecule has 0 fully saturated rings. The number of benzene rings is 1. The minimum Gasteiger partial charge on any atom is -0.150 e. The molecule has 3 heteroatoms. The number of aryl methyl sites for hydroxylation is 1. The van der Waals surface area contributed by atoms with E-state index in [4.69, 9.17) is 4.52 Å². The van der Waals surface area contributed by atoms with Crippen molar-refractivity contribution in [2.24, 2.45) is 0 Å². The molecule has 0 heterocycles.